The van der Waals surface area contributed by atoms with Crippen LogP contribution in [0, 0.1) is 0 Å². The molecule has 5 rings (SSSR count). The number of halogens is 2. The molecule has 2 fully saturated rings. The van der Waals surface area contributed by atoms with Crippen LogP contribution in [0.1, 0.15) is 79.3 Å². The number of carbonyl (C=O) groups excluding carboxylic acids is 2. The first kappa shape index (κ1) is 40.4. The average Bonchev–Trinajstić information content (AvgIpc) is 3.14. The molecule has 0 unspecified atom stereocenters. The molecule has 0 atom stereocenters. The summed E-state index contributed by atoms with van der Waals surface area (Å²) >= 11 is 11.8. The van der Waals surface area contributed by atoms with Gasteiger partial charge in [-0.2, -0.15) is 15.0 Å². The molecular weight excluding hydrogens is 755 g/mol. The van der Waals surface area contributed by atoms with Crippen LogP contribution in [0.25, 0.3) is 0 Å². The summed E-state index contributed by atoms with van der Waals surface area (Å²) in [5.74, 6) is -0.548. The van der Waals surface area contributed by atoms with E-state index in [4.69, 9.17) is 72.6 Å². The number of nitrogens with one attached hydrogen (secondary N) is 3. The van der Waals surface area contributed by atoms with Crippen molar-refractivity contribution in [3.8, 4) is 0 Å². The molecule has 0 aromatic carbocycles. The third-order valence-electron chi connectivity index (χ3n) is 8.79. The molecule has 0 radical (unpaired) electrons. The summed E-state index contributed by atoms with van der Waals surface area (Å²) in [7, 11) is 0. The summed E-state index contributed by atoms with van der Waals surface area (Å²) in [6, 6.07) is -0.335. The number of guanidine groups is 2. The number of nitrogens with zero attached hydrogens (tertiary/aromatic N) is 11. The Balaban J connectivity index is 1.20. The van der Waals surface area contributed by atoms with Gasteiger partial charge < -0.3 is 49.5 Å². The van der Waals surface area contributed by atoms with E-state index in [1.807, 2.05) is 0 Å². The van der Waals surface area contributed by atoms with Crippen LogP contribution >= 0.6 is 23.2 Å². The number of aliphatic imine (C=N–C) groups is 2. The smallest absolute Gasteiger partial charge is 0.280 e. The molecule has 2 aliphatic rings. The fraction of sp³-hybridized carbons (Fsp3) is 0.516. The fourth-order valence-electron chi connectivity index (χ4n) is 5.88. The molecule has 0 saturated carbocycles. The predicted octanol–water partition coefficient (Wildman–Crippen LogP) is 0.506. The first-order chi connectivity index (χ1) is 26.3. The van der Waals surface area contributed by atoms with Gasteiger partial charge in [-0.3, -0.25) is 20.2 Å². The third kappa shape index (κ3) is 10.9. The van der Waals surface area contributed by atoms with E-state index < -0.39 is 11.8 Å². The van der Waals surface area contributed by atoms with Gasteiger partial charge >= 0.3 is 0 Å². The SMILES string of the molecule is CCCCCCNc1nc(N2CCC(N=C(N)NC(=O)c3nc(Cl)c(N)nc3N)CC2)nc(N2CCC(N=C(N)NC(=O)c3nc(Cl)c(N)nc3N)CC2)n1. The Hall–Kier alpha value is -5.77. The Labute approximate surface area is 326 Å². The largest absolute Gasteiger partial charge is 0.382 e. The molecule has 2 aliphatic heterocycles. The maximum absolute atomic E-state index is 12.7. The van der Waals surface area contributed by atoms with Gasteiger partial charge in [-0.15, -0.1) is 0 Å². The highest BCUT2D eigenvalue weighted by Crippen LogP contribution is 2.25. The van der Waals surface area contributed by atoms with Crippen molar-refractivity contribution in [2.45, 2.75) is 70.4 Å². The van der Waals surface area contributed by atoms with Crippen LogP contribution in [0.15, 0.2) is 9.98 Å². The number of rotatable bonds is 12. The summed E-state index contributed by atoms with van der Waals surface area (Å²) in [4.78, 5) is 68.3. The van der Waals surface area contributed by atoms with Gasteiger partial charge in [0.1, 0.15) is 0 Å². The number of anilines is 7. The van der Waals surface area contributed by atoms with Gasteiger partial charge in [-0.25, -0.2) is 29.9 Å². The van der Waals surface area contributed by atoms with Gasteiger partial charge in [0.05, 0.1) is 12.1 Å². The summed E-state index contributed by atoms with van der Waals surface area (Å²) in [6.07, 6.45) is 6.88. The van der Waals surface area contributed by atoms with E-state index >= 15 is 0 Å². The Morgan fingerprint density at radius 2 is 1.09 bits per heavy atom. The van der Waals surface area contributed by atoms with E-state index in [9.17, 15) is 9.59 Å². The maximum Gasteiger partial charge on any atom is 0.280 e. The lowest BCUT2D eigenvalue weighted by molar-refractivity contribution is 0.0963. The van der Waals surface area contributed by atoms with E-state index in [1.54, 1.807) is 0 Å². The van der Waals surface area contributed by atoms with Gasteiger partial charge in [0.2, 0.25) is 17.8 Å². The van der Waals surface area contributed by atoms with Crippen molar-refractivity contribution >= 4 is 88.1 Å². The summed E-state index contributed by atoms with van der Waals surface area (Å²) in [6.45, 7) is 5.24. The summed E-state index contributed by atoms with van der Waals surface area (Å²) in [5.41, 5.74) is 34.5. The van der Waals surface area contributed by atoms with Gasteiger partial charge in [-0.1, -0.05) is 49.4 Å². The van der Waals surface area contributed by atoms with Gasteiger partial charge in [0, 0.05) is 32.7 Å². The zero-order valence-corrected chi connectivity index (χ0v) is 31.8. The Morgan fingerprint density at radius 1 is 0.655 bits per heavy atom. The number of carbonyl (C=O) groups is 2. The van der Waals surface area contributed by atoms with Crippen LogP contribution < -0.4 is 60.2 Å². The quantitative estimate of drug-likeness (QED) is 0.0684. The van der Waals surface area contributed by atoms with E-state index in [-0.39, 0.29) is 69.0 Å². The van der Waals surface area contributed by atoms with Gasteiger partial charge in [0.15, 0.2) is 56.9 Å². The molecule has 3 aromatic rings. The van der Waals surface area contributed by atoms with Crippen molar-refractivity contribution in [3.63, 3.8) is 0 Å². The Kier molecular flexibility index (Phi) is 13.6. The zero-order chi connectivity index (χ0) is 39.6. The lowest BCUT2D eigenvalue weighted by Gasteiger charge is -2.33. The van der Waals surface area contributed by atoms with Crippen LogP contribution in [0.5, 0.6) is 0 Å². The minimum Gasteiger partial charge on any atom is -0.382 e. The van der Waals surface area contributed by atoms with Crippen molar-refractivity contribution in [3.05, 3.63) is 21.7 Å². The first-order valence-corrected chi connectivity index (χ1v) is 18.5. The molecule has 55 heavy (non-hydrogen) atoms. The monoisotopic (exact) mass is 800 g/mol. The van der Waals surface area contributed by atoms with Crippen molar-refractivity contribution in [1.29, 1.82) is 0 Å². The van der Waals surface area contributed by atoms with Crippen LogP contribution in [-0.4, -0.2) is 103 Å². The van der Waals surface area contributed by atoms with Crippen molar-refractivity contribution in [2.75, 3.05) is 70.8 Å². The van der Waals surface area contributed by atoms with Crippen LogP contribution in [0.2, 0.25) is 10.3 Å². The molecule has 0 aliphatic carbocycles. The standard InChI is InChI=1S/C31H46Cl2N20O2/c1-2-3-4-5-10-40-29-49-30(52-11-6-15(7-12-52)41-27(38)47-25(54)17-21(34)45-23(36)19(32)43-17)51-31(50-29)53-13-8-16(9-14-53)42-28(39)48-26(55)18-22(35)46-24(37)20(33)44-18/h15-16H,2-14H2,1H3,(H4,34,36,45)(H4,35,37,46)(H3,38,41,47,54)(H3,39,42,48,55)(H,40,49,50,51). The van der Waals surface area contributed by atoms with Gasteiger partial charge in [0.25, 0.3) is 11.8 Å². The molecule has 22 nitrogen and oxygen atoms in total. The second-order valence-electron chi connectivity index (χ2n) is 12.9. The van der Waals surface area contributed by atoms with Crippen LogP contribution in [0.4, 0.5) is 41.1 Å². The number of unbranched alkanes of at least 4 members (excludes halogenated alkanes) is 3. The normalized spacial score (nSPS) is 15.9. The first-order valence-electron chi connectivity index (χ1n) is 17.8. The minimum atomic E-state index is -0.704. The molecule has 2 amide bonds. The van der Waals surface area contributed by atoms with Crippen molar-refractivity contribution < 1.29 is 9.59 Å². The number of hydrogen-bond acceptors (Lipinski definition) is 18. The molecule has 3 aromatic heterocycles. The number of aromatic nitrogens is 7. The zero-order valence-electron chi connectivity index (χ0n) is 30.3. The third-order valence-corrected chi connectivity index (χ3v) is 9.34. The molecule has 296 valence electrons. The van der Waals surface area contributed by atoms with E-state index in [0.29, 0.717) is 69.7 Å². The molecular formula is C31H46Cl2N20O2. The number of nitrogen functional groups attached to an aromatic ring is 4. The number of hydrogen-bond donors (Lipinski definition) is 9. The molecule has 0 bridgehead atoms. The van der Waals surface area contributed by atoms with E-state index in [2.05, 4.69) is 62.6 Å². The Morgan fingerprint density at radius 3 is 1.51 bits per heavy atom. The molecule has 24 heteroatoms. The maximum atomic E-state index is 12.7. The second-order valence-corrected chi connectivity index (χ2v) is 13.6. The highest BCUT2D eigenvalue weighted by atomic mass is 35.5. The van der Waals surface area contributed by atoms with Crippen LogP contribution in [-0.2, 0) is 0 Å². The molecule has 0 spiro atoms. The number of amides is 2. The van der Waals surface area contributed by atoms with Gasteiger partial charge in [-0.05, 0) is 32.1 Å². The molecule has 5 heterocycles. The molecule has 2 saturated heterocycles. The minimum absolute atomic E-state index is 0.0859. The second kappa shape index (κ2) is 18.5. The highest BCUT2D eigenvalue weighted by Gasteiger charge is 2.27. The van der Waals surface area contributed by atoms with Crippen molar-refractivity contribution in [2.24, 2.45) is 21.5 Å². The highest BCUT2D eigenvalue weighted by molar-refractivity contribution is 6.32. The lowest BCUT2D eigenvalue weighted by atomic mass is 10.1. The average molecular weight is 802 g/mol. The van der Waals surface area contributed by atoms with Crippen LogP contribution in [0.3, 0.4) is 0 Å². The Bertz CT molecular complexity index is 1790. The summed E-state index contributed by atoms with van der Waals surface area (Å²) < 4.78 is 0. The fourth-order valence-corrected chi connectivity index (χ4v) is 6.14. The molecule has 15 N–H and O–H groups in total. The summed E-state index contributed by atoms with van der Waals surface area (Å²) in [5, 5.41) is 8.05. The van der Waals surface area contributed by atoms with Crippen molar-refractivity contribution in [1.82, 2.24) is 45.5 Å². The number of nitrogens with two attached hydrogens (primary N) is 6. The topological polar surface area (TPSA) is 348 Å². The van der Waals surface area contributed by atoms with E-state index in [0.717, 1.165) is 32.2 Å². The predicted molar refractivity (Wildman–Crippen MR) is 213 cm³/mol. The van der Waals surface area contributed by atoms with E-state index in [1.165, 1.54) is 0 Å². The lowest BCUT2D eigenvalue weighted by Crippen LogP contribution is -2.42. The number of piperidine rings is 2.